The minimum absolute atomic E-state index is 0.310. The third kappa shape index (κ3) is 1.39. The average Bonchev–Trinajstić information content (AvgIpc) is 2.87. The summed E-state index contributed by atoms with van der Waals surface area (Å²) in [6, 6.07) is 2.35. The number of nitrogens with one attached hydrogen (secondary N) is 1. The zero-order chi connectivity index (χ0) is 11.1. The predicted molar refractivity (Wildman–Crippen MR) is 60.2 cm³/mol. The summed E-state index contributed by atoms with van der Waals surface area (Å²) in [6.45, 7) is 5.12. The van der Waals surface area contributed by atoms with Crippen molar-refractivity contribution in [1.29, 1.82) is 0 Å². The second-order valence-corrected chi connectivity index (χ2v) is 4.39. The first-order valence-electron chi connectivity index (χ1n) is 5.68. The van der Waals surface area contributed by atoms with E-state index in [-0.39, 0.29) is 0 Å². The Morgan fingerprint density at radius 1 is 1.38 bits per heavy atom. The van der Waals surface area contributed by atoms with Crippen LogP contribution in [-0.2, 0) is 0 Å². The second-order valence-electron chi connectivity index (χ2n) is 4.39. The van der Waals surface area contributed by atoms with Gasteiger partial charge in [0.25, 0.3) is 0 Å². The summed E-state index contributed by atoms with van der Waals surface area (Å²) in [7, 11) is 0. The van der Waals surface area contributed by atoms with Gasteiger partial charge >= 0.3 is 0 Å². The smallest absolute Gasteiger partial charge is 0.178 e. The Kier molecular flexibility index (Phi) is 2.14. The molecule has 1 saturated heterocycles. The molecule has 1 fully saturated rings. The van der Waals surface area contributed by atoms with Crippen molar-refractivity contribution in [2.45, 2.75) is 32.7 Å². The quantitative estimate of drug-likeness (QED) is 0.779. The fourth-order valence-corrected chi connectivity index (χ4v) is 2.15. The van der Waals surface area contributed by atoms with Gasteiger partial charge in [-0.1, -0.05) is 0 Å². The van der Waals surface area contributed by atoms with Gasteiger partial charge in [0.05, 0.1) is 11.7 Å². The lowest BCUT2D eigenvalue weighted by molar-refractivity contribution is 0.582. The van der Waals surface area contributed by atoms with Crippen LogP contribution in [0.4, 0.5) is 0 Å². The van der Waals surface area contributed by atoms with E-state index in [2.05, 4.69) is 20.6 Å². The van der Waals surface area contributed by atoms with Gasteiger partial charge in [-0.15, -0.1) is 10.2 Å². The van der Waals surface area contributed by atoms with Crippen molar-refractivity contribution in [2.75, 3.05) is 6.54 Å². The monoisotopic (exact) mass is 217 g/mol. The Morgan fingerprint density at radius 2 is 2.25 bits per heavy atom. The number of hydrogen-bond acceptors (Lipinski definition) is 4. The van der Waals surface area contributed by atoms with Crippen LogP contribution < -0.4 is 5.32 Å². The molecule has 3 rings (SSSR count). The van der Waals surface area contributed by atoms with Gasteiger partial charge in [0, 0.05) is 0 Å². The molecule has 16 heavy (non-hydrogen) atoms. The lowest BCUT2D eigenvalue weighted by atomic mass is 10.2. The Balaban J connectivity index is 2.15. The van der Waals surface area contributed by atoms with Crippen LogP contribution in [0.15, 0.2) is 6.07 Å². The molecular weight excluding hydrogens is 202 g/mol. The number of nitrogens with zero attached hydrogens (tertiary/aromatic N) is 4. The van der Waals surface area contributed by atoms with Crippen LogP contribution in [0.25, 0.3) is 5.65 Å². The minimum Gasteiger partial charge on any atom is -0.307 e. The Morgan fingerprint density at radius 3 is 3.00 bits per heavy atom. The van der Waals surface area contributed by atoms with Crippen molar-refractivity contribution >= 4 is 5.65 Å². The zero-order valence-corrected chi connectivity index (χ0v) is 9.56. The molecule has 0 spiro atoms. The van der Waals surface area contributed by atoms with Gasteiger partial charge in [0.15, 0.2) is 11.5 Å². The second kappa shape index (κ2) is 3.52. The van der Waals surface area contributed by atoms with E-state index in [1.165, 1.54) is 6.42 Å². The van der Waals surface area contributed by atoms with Crippen LogP contribution in [0.1, 0.15) is 36.0 Å². The molecule has 0 saturated carbocycles. The third-order valence-corrected chi connectivity index (χ3v) is 3.23. The number of fused-ring (bicyclic) bond motifs is 1. The van der Waals surface area contributed by atoms with Crippen LogP contribution in [0.2, 0.25) is 0 Å². The molecular formula is C11H15N5. The highest BCUT2D eigenvalue weighted by atomic mass is 15.4. The molecule has 0 radical (unpaired) electrons. The lowest BCUT2D eigenvalue weighted by Crippen LogP contribution is -2.17. The summed E-state index contributed by atoms with van der Waals surface area (Å²) in [6.07, 6.45) is 2.32. The van der Waals surface area contributed by atoms with E-state index < -0.39 is 0 Å². The fourth-order valence-electron chi connectivity index (χ4n) is 2.15. The molecule has 1 aliphatic heterocycles. The average molecular weight is 217 g/mol. The van der Waals surface area contributed by atoms with Crippen molar-refractivity contribution in [3.05, 3.63) is 23.1 Å². The molecule has 2 aromatic heterocycles. The van der Waals surface area contributed by atoms with Gasteiger partial charge in [-0.05, 0) is 44.9 Å². The van der Waals surface area contributed by atoms with E-state index in [1.54, 1.807) is 0 Å². The van der Waals surface area contributed by atoms with Crippen molar-refractivity contribution in [3.8, 4) is 0 Å². The highest BCUT2D eigenvalue weighted by Crippen LogP contribution is 2.21. The maximum Gasteiger partial charge on any atom is 0.178 e. The largest absolute Gasteiger partial charge is 0.307 e. The van der Waals surface area contributed by atoms with Gasteiger partial charge in [-0.2, -0.15) is 9.61 Å². The van der Waals surface area contributed by atoms with Gasteiger partial charge in [0.2, 0.25) is 0 Å². The standard InChI is InChI=1S/C11H15N5/c1-7-6-10-13-14-11(9-4-3-5-12-9)16(10)15-8(7)2/h6,9,12H,3-5H2,1-2H3. The van der Waals surface area contributed by atoms with Crippen LogP contribution >= 0.6 is 0 Å². The van der Waals surface area contributed by atoms with Crippen molar-refractivity contribution in [2.24, 2.45) is 0 Å². The number of rotatable bonds is 1. The number of aryl methyl sites for hydroxylation is 2. The maximum atomic E-state index is 4.53. The molecule has 1 atom stereocenters. The van der Waals surface area contributed by atoms with Gasteiger partial charge in [-0.25, -0.2) is 0 Å². The Bertz CT molecular complexity index is 524. The zero-order valence-electron chi connectivity index (χ0n) is 9.56. The minimum atomic E-state index is 0.310. The summed E-state index contributed by atoms with van der Waals surface area (Å²) in [4.78, 5) is 0. The van der Waals surface area contributed by atoms with Crippen molar-refractivity contribution in [3.63, 3.8) is 0 Å². The normalized spacial score (nSPS) is 20.8. The number of hydrogen-bond donors (Lipinski definition) is 1. The Labute approximate surface area is 93.9 Å². The first-order valence-corrected chi connectivity index (χ1v) is 5.68. The van der Waals surface area contributed by atoms with Crippen LogP contribution in [-0.4, -0.2) is 26.4 Å². The molecule has 0 aliphatic carbocycles. The summed E-state index contributed by atoms with van der Waals surface area (Å²) in [5.41, 5.74) is 3.03. The van der Waals surface area contributed by atoms with Crippen LogP contribution in [0, 0.1) is 13.8 Å². The summed E-state index contributed by atoms with van der Waals surface area (Å²) in [5.74, 6) is 0.940. The van der Waals surface area contributed by atoms with E-state index in [4.69, 9.17) is 0 Å². The summed E-state index contributed by atoms with van der Waals surface area (Å²) >= 11 is 0. The molecule has 0 bridgehead atoms. The Hall–Kier alpha value is -1.49. The highest BCUT2D eigenvalue weighted by molar-refractivity contribution is 5.40. The third-order valence-electron chi connectivity index (χ3n) is 3.23. The topological polar surface area (TPSA) is 55.1 Å². The van der Waals surface area contributed by atoms with Crippen LogP contribution in [0.5, 0.6) is 0 Å². The summed E-state index contributed by atoms with van der Waals surface area (Å²) < 4.78 is 1.87. The molecule has 3 heterocycles. The molecule has 84 valence electrons. The number of aromatic nitrogens is 4. The molecule has 0 amide bonds. The molecule has 2 aromatic rings. The highest BCUT2D eigenvalue weighted by Gasteiger charge is 2.22. The SMILES string of the molecule is Cc1cc2nnc(C3CCCN3)n2nc1C. The molecule has 1 unspecified atom stereocenters. The van der Waals surface area contributed by atoms with Crippen LogP contribution in [0.3, 0.4) is 0 Å². The van der Waals surface area contributed by atoms with E-state index in [9.17, 15) is 0 Å². The lowest BCUT2D eigenvalue weighted by Gasteiger charge is -2.07. The van der Waals surface area contributed by atoms with Gasteiger partial charge in [0.1, 0.15) is 0 Å². The van der Waals surface area contributed by atoms with Gasteiger partial charge in [-0.3, -0.25) is 0 Å². The van der Waals surface area contributed by atoms with Gasteiger partial charge < -0.3 is 5.32 Å². The van der Waals surface area contributed by atoms with E-state index in [0.29, 0.717) is 6.04 Å². The first kappa shape index (κ1) is 9.72. The maximum absolute atomic E-state index is 4.53. The fraction of sp³-hybridized carbons (Fsp3) is 0.545. The molecule has 5 nitrogen and oxygen atoms in total. The molecule has 1 aliphatic rings. The first-order chi connectivity index (χ1) is 7.75. The molecule has 0 aromatic carbocycles. The molecule has 1 N–H and O–H groups in total. The van der Waals surface area contributed by atoms with Crippen molar-refractivity contribution < 1.29 is 0 Å². The summed E-state index contributed by atoms with van der Waals surface area (Å²) in [5, 5.41) is 16.4. The van der Waals surface area contributed by atoms with E-state index in [0.717, 1.165) is 35.7 Å². The van der Waals surface area contributed by atoms with Crippen molar-refractivity contribution in [1.82, 2.24) is 25.1 Å². The van der Waals surface area contributed by atoms with E-state index in [1.807, 2.05) is 24.4 Å². The predicted octanol–water partition coefficient (Wildman–Crippen LogP) is 1.17. The molecule has 5 heteroatoms. The van der Waals surface area contributed by atoms with E-state index >= 15 is 0 Å².